The molecule has 7 heteroatoms. The van der Waals surface area contributed by atoms with Gasteiger partial charge in [0.1, 0.15) is 17.1 Å². The molecule has 0 aliphatic carbocycles. The highest BCUT2D eigenvalue weighted by Gasteiger charge is 2.23. The number of carboxylic acids is 1. The third-order valence-corrected chi connectivity index (χ3v) is 5.06. The van der Waals surface area contributed by atoms with Crippen molar-refractivity contribution >= 4 is 28.4 Å². The van der Waals surface area contributed by atoms with Crippen LogP contribution < -0.4 is 9.64 Å². The third kappa shape index (κ3) is 3.14. The summed E-state index contributed by atoms with van der Waals surface area (Å²) in [5.74, 6) is -0.676. The van der Waals surface area contributed by atoms with Gasteiger partial charge in [-0.1, -0.05) is 12.1 Å². The molecule has 0 radical (unpaired) electrons. The molecule has 1 aliphatic heterocycles. The zero-order chi connectivity index (χ0) is 20.7. The second-order valence-electron chi connectivity index (χ2n) is 6.99. The predicted octanol–water partition coefficient (Wildman–Crippen LogP) is 5.25. The maximum Gasteiger partial charge on any atom is 0.336 e. The van der Waals surface area contributed by atoms with E-state index in [0.29, 0.717) is 53.4 Å². The van der Waals surface area contributed by atoms with Crippen LogP contribution in [0.15, 0.2) is 65.1 Å². The van der Waals surface area contributed by atoms with Gasteiger partial charge in [-0.2, -0.15) is 0 Å². The van der Waals surface area contributed by atoms with E-state index in [0.717, 1.165) is 0 Å². The maximum atomic E-state index is 13.9. The van der Waals surface area contributed by atoms with Crippen LogP contribution >= 0.6 is 0 Å². The molecule has 1 aromatic heterocycles. The molecule has 0 saturated carbocycles. The summed E-state index contributed by atoms with van der Waals surface area (Å²) in [4.78, 5) is 18.3. The molecular formula is C23H17FN2O4. The Morgan fingerprint density at radius 3 is 2.80 bits per heavy atom. The summed E-state index contributed by atoms with van der Waals surface area (Å²) in [5, 5.41) is 9.85. The molecule has 1 aliphatic rings. The number of nitrogens with zero attached hydrogens (tertiary/aromatic N) is 2. The Hall–Kier alpha value is -3.87. The van der Waals surface area contributed by atoms with Crippen LogP contribution in [-0.4, -0.2) is 29.2 Å². The minimum Gasteiger partial charge on any atom is -0.491 e. The fourth-order valence-corrected chi connectivity index (χ4v) is 3.67. The van der Waals surface area contributed by atoms with Gasteiger partial charge >= 0.3 is 5.97 Å². The number of fused-ring (bicyclic) bond motifs is 2. The average Bonchev–Trinajstić information content (AvgIpc) is 3.07. The lowest BCUT2D eigenvalue weighted by atomic mass is 10.1. The monoisotopic (exact) mass is 404 g/mol. The number of carbonyl (C=O) groups is 1. The van der Waals surface area contributed by atoms with Crippen molar-refractivity contribution in [2.45, 2.75) is 6.42 Å². The molecule has 4 aromatic rings. The molecule has 0 unspecified atom stereocenters. The summed E-state index contributed by atoms with van der Waals surface area (Å²) in [5.41, 5.74) is 2.88. The van der Waals surface area contributed by atoms with E-state index >= 15 is 0 Å². The minimum atomic E-state index is -1.10. The standard InChI is InChI=1S/C23H17FN2O4/c24-14-6-9-21-19(12-14)26(10-3-11-29-21)15-7-8-16(17(13-15)23(27)28)22-25-18-4-1-2-5-20(18)30-22/h1-2,4-9,12-13H,3,10-11H2,(H,27,28). The Bertz CT molecular complexity index is 1230. The molecule has 0 atom stereocenters. The molecule has 3 aromatic carbocycles. The molecule has 5 rings (SSSR count). The van der Waals surface area contributed by atoms with Gasteiger partial charge in [0.25, 0.3) is 0 Å². The summed E-state index contributed by atoms with van der Waals surface area (Å²) >= 11 is 0. The smallest absolute Gasteiger partial charge is 0.336 e. The van der Waals surface area contributed by atoms with Crippen LogP contribution in [-0.2, 0) is 0 Å². The van der Waals surface area contributed by atoms with Gasteiger partial charge in [0, 0.05) is 18.3 Å². The lowest BCUT2D eigenvalue weighted by Gasteiger charge is -2.24. The summed E-state index contributed by atoms with van der Waals surface area (Å²) in [7, 11) is 0. The van der Waals surface area contributed by atoms with Crippen LogP contribution in [0.25, 0.3) is 22.6 Å². The number of hydrogen-bond donors (Lipinski definition) is 1. The molecule has 2 heterocycles. The second kappa shape index (κ2) is 7.18. The minimum absolute atomic E-state index is 0.0576. The molecule has 0 spiro atoms. The fourth-order valence-electron chi connectivity index (χ4n) is 3.67. The largest absolute Gasteiger partial charge is 0.491 e. The van der Waals surface area contributed by atoms with Crippen LogP contribution in [0.1, 0.15) is 16.8 Å². The number of ether oxygens (including phenoxy) is 1. The number of aromatic carboxylic acids is 1. The molecule has 150 valence electrons. The van der Waals surface area contributed by atoms with Gasteiger partial charge in [0.2, 0.25) is 5.89 Å². The number of oxazole rings is 1. The second-order valence-corrected chi connectivity index (χ2v) is 6.99. The fraction of sp³-hybridized carbons (Fsp3) is 0.130. The van der Waals surface area contributed by atoms with E-state index in [1.165, 1.54) is 12.1 Å². The summed E-state index contributed by atoms with van der Waals surface area (Å²) in [6, 6.07) is 16.6. The number of carboxylic acid groups (broad SMARTS) is 1. The van der Waals surface area contributed by atoms with E-state index in [4.69, 9.17) is 9.15 Å². The van der Waals surface area contributed by atoms with E-state index in [9.17, 15) is 14.3 Å². The van der Waals surface area contributed by atoms with Crippen LogP contribution in [0.4, 0.5) is 15.8 Å². The van der Waals surface area contributed by atoms with Crippen molar-refractivity contribution in [1.82, 2.24) is 4.98 Å². The zero-order valence-electron chi connectivity index (χ0n) is 15.8. The molecule has 0 bridgehead atoms. The van der Waals surface area contributed by atoms with Crippen molar-refractivity contribution in [3.05, 3.63) is 72.0 Å². The van der Waals surface area contributed by atoms with Crippen molar-refractivity contribution in [3.8, 4) is 17.2 Å². The van der Waals surface area contributed by atoms with Gasteiger partial charge in [-0.15, -0.1) is 0 Å². The molecule has 0 saturated heterocycles. The Labute approximate surface area is 171 Å². The zero-order valence-corrected chi connectivity index (χ0v) is 15.8. The lowest BCUT2D eigenvalue weighted by molar-refractivity contribution is 0.0697. The van der Waals surface area contributed by atoms with Crippen molar-refractivity contribution in [2.24, 2.45) is 0 Å². The molecule has 30 heavy (non-hydrogen) atoms. The van der Waals surface area contributed by atoms with Gasteiger partial charge < -0.3 is 19.2 Å². The molecule has 0 amide bonds. The SMILES string of the molecule is O=C(O)c1cc(N2CCCOc3ccc(F)cc32)ccc1-c1nc2ccccc2o1. The first-order valence-corrected chi connectivity index (χ1v) is 9.53. The predicted molar refractivity (Wildman–Crippen MR) is 110 cm³/mol. The number of benzene rings is 3. The summed E-state index contributed by atoms with van der Waals surface area (Å²) in [6.07, 6.45) is 0.714. The third-order valence-electron chi connectivity index (χ3n) is 5.06. The summed E-state index contributed by atoms with van der Waals surface area (Å²) in [6.45, 7) is 1.07. The quantitative estimate of drug-likeness (QED) is 0.502. The van der Waals surface area contributed by atoms with Crippen LogP contribution in [0.3, 0.4) is 0 Å². The first-order valence-electron chi connectivity index (χ1n) is 9.53. The number of hydrogen-bond acceptors (Lipinski definition) is 5. The average molecular weight is 404 g/mol. The molecule has 6 nitrogen and oxygen atoms in total. The van der Waals surface area contributed by atoms with Crippen molar-refractivity contribution < 1.29 is 23.4 Å². The Kier molecular flexibility index (Phi) is 4.35. The normalized spacial score (nSPS) is 13.6. The van der Waals surface area contributed by atoms with E-state index in [2.05, 4.69) is 4.98 Å². The van der Waals surface area contributed by atoms with Gasteiger partial charge in [-0.05, 0) is 48.9 Å². The number of para-hydroxylation sites is 2. The number of halogens is 1. The number of aromatic nitrogens is 1. The van der Waals surface area contributed by atoms with Crippen LogP contribution in [0.5, 0.6) is 5.75 Å². The summed E-state index contributed by atoms with van der Waals surface area (Å²) < 4.78 is 25.4. The van der Waals surface area contributed by atoms with E-state index in [1.54, 1.807) is 36.4 Å². The van der Waals surface area contributed by atoms with Crippen LogP contribution in [0.2, 0.25) is 0 Å². The topological polar surface area (TPSA) is 75.8 Å². The Morgan fingerprint density at radius 2 is 1.97 bits per heavy atom. The molecule has 1 N–H and O–H groups in total. The van der Waals surface area contributed by atoms with Gasteiger partial charge in [-0.3, -0.25) is 0 Å². The van der Waals surface area contributed by atoms with Crippen molar-refractivity contribution in [2.75, 3.05) is 18.1 Å². The van der Waals surface area contributed by atoms with Gasteiger partial charge in [-0.25, -0.2) is 14.2 Å². The lowest BCUT2D eigenvalue weighted by Crippen LogP contribution is -2.18. The first kappa shape index (κ1) is 18.2. The Morgan fingerprint density at radius 1 is 1.10 bits per heavy atom. The number of rotatable bonds is 3. The van der Waals surface area contributed by atoms with Gasteiger partial charge in [0.15, 0.2) is 5.58 Å². The number of anilines is 2. The van der Waals surface area contributed by atoms with E-state index < -0.39 is 5.97 Å². The Balaban J connectivity index is 1.62. The first-order chi connectivity index (χ1) is 14.6. The van der Waals surface area contributed by atoms with Crippen molar-refractivity contribution in [1.29, 1.82) is 0 Å². The molecule has 0 fully saturated rings. The van der Waals surface area contributed by atoms with Gasteiger partial charge in [0.05, 0.1) is 23.4 Å². The van der Waals surface area contributed by atoms with Crippen LogP contribution in [0, 0.1) is 5.82 Å². The highest BCUT2D eigenvalue weighted by molar-refractivity contribution is 5.97. The molecular weight excluding hydrogens is 387 g/mol. The van der Waals surface area contributed by atoms with E-state index in [-0.39, 0.29) is 17.3 Å². The highest BCUT2D eigenvalue weighted by Crippen LogP contribution is 2.38. The van der Waals surface area contributed by atoms with E-state index in [1.807, 2.05) is 17.0 Å². The highest BCUT2D eigenvalue weighted by atomic mass is 19.1. The maximum absolute atomic E-state index is 13.9. The van der Waals surface area contributed by atoms with Crippen molar-refractivity contribution in [3.63, 3.8) is 0 Å².